The van der Waals surface area contributed by atoms with Crippen LogP contribution in [0.1, 0.15) is 11.1 Å². The van der Waals surface area contributed by atoms with Crippen molar-refractivity contribution in [2.24, 2.45) is 0 Å². The van der Waals surface area contributed by atoms with E-state index in [2.05, 4.69) is 41.0 Å². The lowest BCUT2D eigenvalue weighted by atomic mass is 10.0. The highest BCUT2D eigenvalue weighted by atomic mass is 35.5. The molecule has 2 N–H and O–H groups in total. The molecule has 0 radical (unpaired) electrons. The van der Waals surface area contributed by atoms with Crippen LogP contribution in [0.5, 0.6) is 5.75 Å². The Morgan fingerprint density at radius 1 is 1.00 bits per heavy atom. The second-order valence-electron chi connectivity index (χ2n) is 5.94. The Morgan fingerprint density at radius 2 is 1.64 bits per heavy atom. The van der Waals surface area contributed by atoms with Gasteiger partial charge < -0.3 is 14.9 Å². The van der Waals surface area contributed by atoms with Crippen molar-refractivity contribution in [3.8, 4) is 17.6 Å². The van der Waals surface area contributed by atoms with Crippen molar-refractivity contribution in [1.29, 1.82) is 0 Å². The number of rotatable bonds is 3. The van der Waals surface area contributed by atoms with Crippen LogP contribution < -0.4 is 4.74 Å². The summed E-state index contributed by atoms with van der Waals surface area (Å²) in [6.45, 7) is 3.26. The fourth-order valence-corrected chi connectivity index (χ4v) is 2.68. The number of fused-ring (bicyclic) bond motifs is 1. The molecule has 0 bridgehead atoms. The van der Waals surface area contributed by atoms with Gasteiger partial charge in [-0.25, -0.2) is 9.59 Å². The molecule has 0 aromatic heterocycles. The molecule has 28 heavy (non-hydrogen) atoms. The highest BCUT2D eigenvalue weighted by Gasteiger charge is 2.13. The van der Waals surface area contributed by atoms with Gasteiger partial charge in [0, 0.05) is 18.1 Å². The van der Waals surface area contributed by atoms with Gasteiger partial charge in [-0.3, -0.25) is 4.90 Å². The van der Waals surface area contributed by atoms with Crippen molar-refractivity contribution in [1.82, 2.24) is 4.90 Å². The average molecular weight is 402 g/mol. The molecular formula is C21H20ClNO5. The zero-order valence-electron chi connectivity index (χ0n) is 15.1. The van der Waals surface area contributed by atoms with Crippen LogP contribution in [0.2, 0.25) is 5.02 Å². The summed E-state index contributed by atoms with van der Waals surface area (Å²) in [4.78, 5) is 20.6. The summed E-state index contributed by atoms with van der Waals surface area (Å²) in [7, 11) is 0. The van der Waals surface area contributed by atoms with E-state index in [9.17, 15) is 0 Å². The maximum atomic E-state index is 9.10. The minimum Gasteiger partial charge on any atom is -0.481 e. The van der Waals surface area contributed by atoms with Crippen LogP contribution >= 0.6 is 11.6 Å². The van der Waals surface area contributed by atoms with Gasteiger partial charge in [-0.15, -0.1) is 0 Å². The van der Waals surface area contributed by atoms with E-state index in [0.29, 0.717) is 11.6 Å². The molecular weight excluding hydrogens is 382 g/mol. The number of hydrogen-bond donors (Lipinski definition) is 2. The lowest BCUT2D eigenvalue weighted by molar-refractivity contribution is -0.159. The van der Waals surface area contributed by atoms with Crippen LogP contribution in [0.25, 0.3) is 0 Å². The normalized spacial score (nSPS) is 12.5. The van der Waals surface area contributed by atoms with Crippen molar-refractivity contribution in [3.63, 3.8) is 0 Å². The van der Waals surface area contributed by atoms with Crippen molar-refractivity contribution in [3.05, 3.63) is 64.7 Å². The smallest absolute Gasteiger partial charge is 0.414 e. The molecule has 0 fully saturated rings. The SMILES string of the molecule is Clc1ccc(OCC#CCN2CCc3ccccc3C2)cc1.O=C(O)C(=O)O. The van der Waals surface area contributed by atoms with Gasteiger partial charge in [-0.05, 0) is 41.8 Å². The number of nitrogens with zero attached hydrogens (tertiary/aromatic N) is 1. The largest absolute Gasteiger partial charge is 0.481 e. The lowest BCUT2D eigenvalue weighted by Gasteiger charge is -2.26. The molecule has 0 saturated heterocycles. The molecule has 1 aliphatic heterocycles. The Balaban J connectivity index is 0.000000409. The second kappa shape index (κ2) is 11.0. The van der Waals surface area contributed by atoms with E-state index in [1.54, 1.807) is 0 Å². The molecule has 0 unspecified atom stereocenters. The maximum Gasteiger partial charge on any atom is 0.414 e. The first-order valence-corrected chi connectivity index (χ1v) is 8.93. The van der Waals surface area contributed by atoms with Gasteiger partial charge in [0.1, 0.15) is 12.4 Å². The summed E-state index contributed by atoms with van der Waals surface area (Å²) >= 11 is 5.83. The maximum absolute atomic E-state index is 9.10. The first-order valence-electron chi connectivity index (χ1n) is 8.55. The summed E-state index contributed by atoms with van der Waals surface area (Å²) in [5.74, 6) is 3.41. The Kier molecular flexibility index (Phi) is 8.35. The van der Waals surface area contributed by atoms with Gasteiger partial charge in [0.05, 0.1) is 6.54 Å². The predicted molar refractivity (Wildman–Crippen MR) is 105 cm³/mol. The molecule has 0 amide bonds. The van der Waals surface area contributed by atoms with E-state index in [0.717, 1.165) is 31.8 Å². The molecule has 3 rings (SSSR count). The molecule has 146 valence electrons. The van der Waals surface area contributed by atoms with E-state index in [4.69, 9.17) is 36.1 Å². The third kappa shape index (κ3) is 7.31. The Morgan fingerprint density at radius 3 is 2.29 bits per heavy atom. The number of carboxylic acids is 2. The fourth-order valence-electron chi connectivity index (χ4n) is 2.56. The van der Waals surface area contributed by atoms with Gasteiger partial charge in [-0.2, -0.15) is 0 Å². The van der Waals surface area contributed by atoms with E-state index < -0.39 is 11.9 Å². The molecule has 2 aromatic rings. The minimum atomic E-state index is -1.82. The van der Waals surface area contributed by atoms with Gasteiger partial charge in [0.2, 0.25) is 0 Å². The highest BCUT2D eigenvalue weighted by Crippen LogP contribution is 2.18. The molecule has 6 nitrogen and oxygen atoms in total. The summed E-state index contributed by atoms with van der Waals surface area (Å²) in [5.41, 5.74) is 2.89. The van der Waals surface area contributed by atoms with Gasteiger partial charge >= 0.3 is 11.9 Å². The topological polar surface area (TPSA) is 87.1 Å². The number of ether oxygens (including phenoxy) is 1. The summed E-state index contributed by atoms with van der Waals surface area (Å²) in [6, 6.07) is 16.0. The van der Waals surface area contributed by atoms with E-state index in [1.807, 2.05) is 24.3 Å². The molecule has 1 aliphatic rings. The summed E-state index contributed by atoms with van der Waals surface area (Å²) in [6.07, 6.45) is 1.11. The Hall–Kier alpha value is -3.01. The molecule has 1 heterocycles. The van der Waals surface area contributed by atoms with Crippen LogP contribution in [-0.2, 0) is 22.6 Å². The number of carbonyl (C=O) groups is 2. The standard InChI is InChI=1S/C19H18ClNO.C2H2O4/c20-18-7-9-19(10-8-18)22-14-4-3-12-21-13-11-16-5-1-2-6-17(16)15-21;3-1(4)2(5)6/h1-2,5-10H,11-15H2;(H,3,4)(H,5,6). The van der Waals surface area contributed by atoms with Crippen molar-refractivity contribution in [2.45, 2.75) is 13.0 Å². The van der Waals surface area contributed by atoms with Crippen molar-refractivity contribution < 1.29 is 24.5 Å². The number of halogens is 1. The second-order valence-corrected chi connectivity index (χ2v) is 6.37. The van der Waals surface area contributed by atoms with Crippen molar-refractivity contribution >= 4 is 23.5 Å². The first-order chi connectivity index (χ1) is 13.5. The van der Waals surface area contributed by atoms with Crippen molar-refractivity contribution in [2.75, 3.05) is 19.7 Å². The molecule has 0 aliphatic carbocycles. The molecule has 0 saturated carbocycles. The fraction of sp³-hybridized carbons (Fsp3) is 0.238. The van der Waals surface area contributed by atoms with Crippen LogP contribution in [0.3, 0.4) is 0 Å². The third-order valence-electron chi connectivity index (χ3n) is 3.94. The van der Waals surface area contributed by atoms with Gasteiger partial charge in [0.25, 0.3) is 0 Å². The van der Waals surface area contributed by atoms with E-state index >= 15 is 0 Å². The monoisotopic (exact) mass is 401 g/mol. The van der Waals surface area contributed by atoms with Gasteiger partial charge in [-0.1, -0.05) is 47.7 Å². The average Bonchev–Trinajstić information content (AvgIpc) is 2.69. The Labute approximate surface area is 168 Å². The summed E-state index contributed by atoms with van der Waals surface area (Å²) in [5, 5.41) is 15.5. The first kappa shape index (κ1) is 21.3. The number of hydrogen-bond acceptors (Lipinski definition) is 4. The minimum absolute atomic E-state index is 0.409. The van der Waals surface area contributed by atoms with E-state index in [-0.39, 0.29) is 0 Å². The van der Waals surface area contributed by atoms with E-state index in [1.165, 1.54) is 11.1 Å². The highest BCUT2D eigenvalue weighted by molar-refractivity contribution is 6.30. The van der Waals surface area contributed by atoms with Crippen LogP contribution in [0.15, 0.2) is 48.5 Å². The quantitative estimate of drug-likeness (QED) is 0.607. The number of carboxylic acid groups (broad SMARTS) is 2. The number of benzene rings is 2. The predicted octanol–water partition coefficient (Wildman–Crippen LogP) is 2.94. The van der Waals surface area contributed by atoms with Crippen LogP contribution in [-0.4, -0.2) is 46.7 Å². The molecule has 2 aromatic carbocycles. The number of aliphatic carboxylic acids is 2. The zero-order chi connectivity index (χ0) is 20.4. The Bertz CT molecular complexity index is 858. The zero-order valence-corrected chi connectivity index (χ0v) is 15.9. The van der Waals surface area contributed by atoms with Gasteiger partial charge in [0.15, 0.2) is 0 Å². The van der Waals surface area contributed by atoms with Crippen LogP contribution in [0.4, 0.5) is 0 Å². The lowest BCUT2D eigenvalue weighted by Crippen LogP contribution is -2.30. The summed E-state index contributed by atoms with van der Waals surface area (Å²) < 4.78 is 5.56. The molecule has 7 heteroatoms. The molecule has 0 atom stereocenters. The molecule has 0 spiro atoms. The van der Waals surface area contributed by atoms with Crippen LogP contribution in [0, 0.1) is 11.8 Å². The third-order valence-corrected chi connectivity index (χ3v) is 4.20.